The molecule has 0 saturated heterocycles. The van der Waals surface area contributed by atoms with Gasteiger partial charge < -0.3 is 5.73 Å². The van der Waals surface area contributed by atoms with E-state index in [1.165, 1.54) is 17.1 Å². The number of rotatable bonds is 3. The van der Waals surface area contributed by atoms with Crippen LogP contribution in [0.5, 0.6) is 0 Å². The third kappa shape index (κ3) is 2.79. The monoisotopic (exact) mass is 304 g/mol. The first-order valence-corrected chi connectivity index (χ1v) is 6.92. The van der Waals surface area contributed by atoms with Crippen LogP contribution in [0.1, 0.15) is 0 Å². The zero-order chi connectivity index (χ0) is 14.2. The van der Waals surface area contributed by atoms with Gasteiger partial charge in [0.2, 0.25) is 0 Å². The minimum Gasteiger partial charge on any atom is -0.396 e. The normalized spacial score (nSPS) is 11.5. The molecule has 0 bridgehead atoms. The molecule has 0 atom stereocenters. The van der Waals surface area contributed by atoms with Crippen LogP contribution in [-0.4, -0.2) is 18.2 Å². The van der Waals surface area contributed by atoms with Crippen LogP contribution in [-0.2, 0) is 17.1 Å². The number of nitrogens with zero attached hydrogens (tertiary/aromatic N) is 2. The molecule has 102 valence electrons. The Morgan fingerprint density at radius 1 is 1.47 bits per heavy atom. The van der Waals surface area contributed by atoms with Gasteiger partial charge in [-0.1, -0.05) is 11.6 Å². The second-order valence-electron chi connectivity index (χ2n) is 3.81. The van der Waals surface area contributed by atoms with E-state index in [2.05, 4.69) is 9.82 Å². The van der Waals surface area contributed by atoms with E-state index in [1.54, 1.807) is 7.05 Å². The summed E-state index contributed by atoms with van der Waals surface area (Å²) in [6.07, 6.45) is 2.80. The SMILES string of the molecule is Cn1cc(NS(=O)(=O)c2cc(N)c(F)cc2Cl)cn1. The molecule has 3 N–H and O–H groups in total. The van der Waals surface area contributed by atoms with Gasteiger partial charge in [-0.3, -0.25) is 9.40 Å². The lowest BCUT2D eigenvalue weighted by atomic mass is 10.3. The van der Waals surface area contributed by atoms with Crippen molar-refractivity contribution in [3.8, 4) is 0 Å². The van der Waals surface area contributed by atoms with Gasteiger partial charge >= 0.3 is 0 Å². The molecule has 0 saturated carbocycles. The predicted molar refractivity (Wildman–Crippen MR) is 69.8 cm³/mol. The molecule has 1 heterocycles. The van der Waals surface area contributed by atoms with Crippen LogP contribution >= 0.6 is 11.6 Å². The molecule has 0 radical (unpaired) electrons. The highest BCUT2D eigenvalue weighted by Crippen LogP contribution is 2.27. The number of sulfonamides is 1. The number of nitrogens with one attached hydrogen (secondary N) is 1. The van der Waals surface area contributed by atoms with Gasteiger partial charge in [0.1, 0.15) is 10.7 Å². The topological polar surface area (TPSA) is 90.0 Å². The van der Waals surface area contributed by atoms with Crippen LogP contribution in [0.15, 0.2) is 29.4 Å². The Morgan fingerprint density at radius 3 is 2.74 bits per heavy atom. The fourth-order valence-corrected chi connectivity index (χ4v) is 3.01. The van der Waals surface area contributed by atoms with Gasteiger partial charge in [-0.15, -0.1) is 0 Å². The fraction of sp³-hybridized carbons (Fsp3) is 0.100. The molecule has 2 aromatic rings. The van der Waals surface area contributed by atoms with E-state index < -0.39 is 15.8 Å². The number of aryl methyl sites for hydroxylation is 1. The summed E-state index contributed by atoms with van der Waals surface area (Å²) in [6, 6.07) is 1.82. The maximum Gasteiger partial charge on any atom is 0.263 e. The van der Waals surface area contributed by atoms with Crippen molar-refractivity contribution in [1.29, 1.82) is 0 Å². The lowest BCUT2D eigenvalue weighted by Gasteiger charge is -2.09. The van der Waals surface area contributed by atoms with Crippen molar-refractivity contribution in [3.05, 3.63) is 35.4 Å². The molecule has 0 amide bonds. The molecule has 19 heavy (non-hydrogen) atoms. The van der Waals surface area contributed by atoms with Crippen molar-refractivity contribution in [3.63, 3.8) is 0 Å². The molecule has 6 nitrogen and oxygen atoms in total. The summed E-state index contributed by atoms with van der Waals surface area (Å²) in [7, 11) is -2.31. The maximum absolute atomic E-state index is 13.1. The second-order valence-corrected chi connectivity index (χ2v) is 5.87. The van der Waals surface area contributed by atoms with E-state index in [0.29, 0.717) is 0 Å². The molecule has 1 aromatic carbocycles. The molecule has 0 unspecified atom stereocenters. The summed E-state index contributed by atoms with van der Waals surface area (Å²) < 4.78 is 41.0. The van der Waals surface area contributed by atoms with Gasteiger partial charge in [-0.05, 0) is 12.1 Å². The minimum absolute atomic E-state index is 0.247. The van der Waals surface area contributed by atoms with Crippen LogP contribution in [0.25, 0.3) is 0 Å². The zero-order valence-electron chi connectivity index (χ0n) is 9.76. The standard InChI is InChI=1S/C10H10ClFN4O2S/c1-16-5-6(4-14-16)15-19(17,18)10-3-9(13)8(12)2-7(10)11/h2-5,15H,13H2,1H3. The zero-order valence-corrected chi connectivity index (χ0v) is 11.3. The Labute approximate surface area is 114 Å². The van der Waals surface area contributed by atoms with Crippen molar-refractivity contribution < 1.29 is 12.8 Å². The van der Waals surface area contributed by atoms with Gasteiger partial charge in [-0.2, -0.15) is 5.10 Å². The first-order valence-electron chi connectivity index (χ1n) is 5.05. The fourth-order valence-electron chi connectivity index (χ4n) is 1.43. The Morgan fingerprint density at radius 2 is 2.16 bits per heavy atom. The van der Waals surface area contributed by atoms with Crippen molar-refractivity contribution in [2.75, 3.05) is 10.5 Å². The second kappa shape index (κ2) is 4.71. The number of benzene rings is 1. The van der Waals surface area contributed by atoms with Crippen molar-refractivity contribution in [2.45, 2.75) is 4.90 Å². The number of anilines is 2. The predicted octanol–water partition coefficient (Wildman–Crippen LogP) is 1.60. The van der Waals surface area contributed by atoms with Gasteiger partial charge in [0.15, 0.2) is 0 Å². The van der Waals surface area contributed by atoms with Crippen molar-refractivity contribution in [1.82, 2.24) is 9.78 Å². The number of nitrogens with two attached hydrogens (primary N) is 1. The van der Waals surface area contributed by atoms with Gasteiger partial charge in [0, 0.05) is 13.2 Å². The minimum atomic E-state index is -3.95. The number of aromatic nitrogens is 2. The van der Waals surface area contributed by atoms with Crippen LogP contribution in [0.3, 0.4) is 0 Å². The number of nitrogen functional groups attached to an aromatic ring is 1. The van der Waals surface area contributed by atoms with Crippen molar-refractivity contribution in [2.24, 2.45) is 7.05 Å². The lowest BCUT2D eigenvalue weighted by Crippen LogP contribution is -2.14. The Bertz CT molecular complexity index is 729. The average molecular weight is 305 g/mol. The molecule has 0 spiro atoms. The molecule has 0 aliphatic carbocycles. The largest absolute Gasteiger partial charge is 0.396 e. The van der Waals surface area contributed by atoms with Crippen LogP contribution in [0, 0.1) is 5.82 Å². The van der Waals surface area contributed by atoms with Crippen LogP contribution in [0.4, 0.5) is 15.8 Å². The van der Waals surface area contributed by atoms with E-state index in [0.717, 1.165) is 12.1 Å². The molecule has 0 aliphatic heterocycles. The molecule has 9 heteroatoms. The van der Waals surface area contributed by atoms with E-state index in [1.807, 2.05) is 0 Å². The van der Waals surface area contributed by atoms with E-state index >= 15 is 0 Å². The summed E-state index contributed by atoms with van der Waals surface area (Å²) in [4.78, 5) is -0.295. The summed E-state index contributed by atoms with van der Waals surface area (Å²) in [5.74, 6) is -0.773. The summed E-state index contributed by atoms with van der Waals surface area (Å²) in [5, 5.41) is 3.57. The molecule has 2 rings (SSSR count). The molecule has 1 aromatic heterocycles. The molecular weight excluding hydrogens is 295 g/mol. The quantitative estimate of drug-likeness (QED) is 0.843. The highest BCUT2D eigenvalue weighted by Gasteiger charge is 2.20. The van der Waals surface area contributed by atoms with Crippen LogP contribution < -0.4 is 10.5 Å². The molecule has 0 aliphatic rings. The summed E-state index contributed by atoms with van der Waals surface area (Å²) >= 11 is 5.72. The molecular formula is C10H10ClFN4O2S. The Hall–Kier alpha value is -1.80. The van der Waals surface area contributed by atoms with Gasteiger partial charge in [0.25, 0.3) is 10.0 Å². The van der Waals surface area contributed by atoms with Gasteiger partial charge in [0.05, 0.1) is 22.6 Å². The van der Waals surface area contributed by atoms with E-state index in [9.17, 15) is 12.8 Å². The number of hydrogen-bond acceptors (Lipinski definition) is 4. The Kier molecular flexibility index (Phi) is 3.38. The van der Waals surface area contributed by atoms with E-state index in [4.69, 9.17) is 17.3 Å². The third-order valence-electron chi connectivity index (χ3n) is 2.30. The summed E-state index contributed by atoms with van der Waals surface area (Å²) in [5.41, 5.74) is 5.31. The highest BCUT2D eigenvalue weighted by molar-refractivity contribution is 7.92. The first-order chi connectivity index (χ1) is 8.79. The van der Waals surface area contributed by atoms with E-state index in [-0.39, 0.29) is 21.3 Å². The van der Waals surface area contributed by atoms with Crippen LogP contribution in [0.2, 0.25) is 5.02 Å². The first kappa shape index (κ1) is 13.6. The van der Waals surface area contributed by atoms with Crippen molar-refractivity contribution >= 4 is 33.0 Å². The van der Waals surface area contributed by atoms with Gasteiger partial charge in [-0.25, -0.2) is 12.8 Å². The number of hydrogen-bond donors (Lipinski definition) is 2. The highest BCUT2D eigenvalue weighted by atomic mass is 35.5. The number of halogens is 2. The summed E-state index contributed by atoms with van der Waals surface area (Å²) in [6.45, 7) is 0. The Balaban J connectivity index is 2.42. The maximum atomic E-state index is 13.1. The average Bonchev–Trinajstić information content (AvgIpc) is 2.68. The molecule has 0 fully saturated rings. The smallest absolute Gasteiger partial charge is 0.263 e. The third-order valence-corrected chi connectivity index (χ3v) is 4.14. The lowest BCUT2D eigenvalue weighted by molar-refractivity contribution is 0.600.